The topological polar surface area (TPSA) is 36.7 Å². The Bertz CT molecular complexity index is 679. The van der Waals surface area contributed by atoms with Gasteiger partial charge in [0.05, 0.1) is 11.5 Å². The standard InChI is InChI=1S/C19H23F3N2S/c1-12-15-7-2-3-8-17(15)24-18(16(12)10-23)25-11-13-5-4-6-14(9-13)19(20,21)22/h13-14H,2-9,11H2,1H3. The Kier molecular flexibility index (Phi) is 5.62. The number of halogens is 3. The van der Waals surface area contributed by atoms with Crippen molar-refractivity contribution in [3.05, 3.63) is 22.4 Å². The first-order valence-corrected chi connectivity index (χ1v) is 10.0. The molecule has 6 heteroatoms. The zero-order valence-electron chi connectivity index (χ0n) is 14.5. The Morgan fingerprint density at radius 1 is 1.20 bits per heavy atom. The van der Waals surface area contributed by atoms with Crippen LogP contribution in [0, 0.1) is 30.1 Å². The van der Waals surface area contributed by atoms with Gasteiger partial charge in [-0.05, 0) is 68.9 Å². The third kappa shape index (κ3) is 4.13. The molecule has 0 aromatic carbocycles. The van der Waals surface area contributed by atoms with Crippen LogP contribution in [0.25, 0.3) is 0 Å². The largest absolute Gasteiger partial charge is 0.391 e. The normalized spacial score (nSPS) is 23.8. The summed E-state index contributed by atoms with van der Waals surface area (Å²) >= 11 is 1.48. The molecule has 0 aliphatic heterocycles. The van der Waals surface area contributed by atoms with E-state index in [0.717, 1.165) is 48.4 Å². The van der Waals surface area contributed by atoms with Crippen LogP contribution in [0.1, 0.15) is 60.9 Å². The Morgan fingerprint density at radius 2 is 1.96 bits per heavy atom. The number of rotatable bonds is 3. The third-order valence-electron chi connectivity index (χ3n) is 5.53. The van der Waals surface area contributed by atoms with Crippen molar-refractivity contribution in [3.63, 3.8) is 0 Å². The second kappa shape index (κ2) is 7.57. The van der Waals surface area contributed by atoms with Gasteiger partial charge >= 0.3 is 6.18 Å². The van der Waals surface area contributed by atoms with Gasteiger partial charge in [-0.1, -0.05) is 6.42 Å². The van der Waals surface area contributed by atoms with Gasteiger partial charge in [0.15, 0.2) is 0 Å². The lowest BCUT2D eigenvalue weighted by atomic mass is 9.82. The molecule has 0 radical (unpaired) electrons. The van der Waals surface area contributed by atoms with Gasteiger partial charge in [-0.2, -0.15) is 18.4 Å². The monoisotopic (exact) mass is 368 g/mol. The van der Waals surface area contributed by atoms with E-state index in [1.54, 1.807) is 0 Å². The van der Waals surface area contributed by atoms with Crippen LogP contribution in [0.5, 0.6) is 0 Å². The van der Waals surface area contributed by atoms with Crippen LogP contribution in [0.3, 0.4) is 0 Å². The summed E-state index contributed by atoms with van der Waals surface area (Å²) in [6.07, 6.45) is 2.02. The SMILES string of the molecule is Cc1c(C#N)c(SCC2CCCC(C(F)(F)F)C2)nc2c1CCCC2. The molecule has 1 aromatic rings. The van der Waals surface area contributed by atoms with Crippen molar-refractivity contribution >= 4 is 11.8 Å². The van der Waals surface area contributed by atoms with Crippen LogP contribution in [-0.4, -0.2) is 16.9 Å². The molecule has 1 fully saturated rings. The van der Waals surface area contributed by atoms with E-state index >= 15 is 0 Å². The highest BCUT2D eigenvalue weighted by Crippen LogP contribution is 2.42. The summed E-state index contributed by atoms with van der Waals surface area (Å²) in [5.74, 6) is -0.498. The van der Waals surface area contributed by atoms with E-state index in [2.05, 4.69) is 6.07 Å². The van der Waals surface area contributed by atoms with Gasteiger partial charge < -0.3 is 0 Å². The average Bonchev–Trinajstić information content (AvgIpc) is 2.60. The minimum Gasteiger partial charge on any atom is -0.245 e. The molecule has 0 bridgehead atoms. The number of alkyl halides is 3. The summed E-state index contributed by atoms with van der Waals surface area (Å²) in [5, 5.41) is 10.3. The minimum absolute atomic E-state index is 0.0510. The van der Waals surface area contributed by atoms with Gasteiger partial charge in [0.25, 0.3) is 0 Å². The molecule has 0 N–H and O–H groups in total. The summed E-state index contributed by atoms with van der Waals surface area (Å²) in [6.45, 7) is 1.98. The second-order valence-electron chi connectivity index (χ2n) is 7.24. The molecular weight excluding hydrogens is 345 g/mol. The fourth-order valence-electron chi connectivity index (χ4n) is 4.08. The fourth-order valence-corrected chi connectivity index (χ4v) is 5.29. The first kappa shape index (κ1) is 18.6. The number of pyridine rings is 1. The van der Waals surface area contributed by atoms with Crippen molar-refractivity contribution in [2.24, 2.45) is 11.8 Å². The number of nitrogens with zero attached hydrogens (tertiary/aromatic N) is 2. The molecule has 0 amide bonds. The molecule has 136 valence electrons. The van der Waals surface area contributed by atoms with Crippen molar-refractivity contribution < 1.29 is 13.2 Å². The molecule has 2 aliphatic rings. The predicted molar refractivity (Wildman–Crippen MR) is 92.6 cm³/mol. The van der Waals surface area contributed by atoms with Crippen molar-refractivity contribution in [1.29, 1.82) is 5.26 Å². The van der Waals surface area contributed by atoms with Crippen LogP contribution in [0.2, 0.25) is 0 Å². The highest BCUT2D eigenvalue weighted by atomic mass is 32.2. The summed E-state index contributed by atoms with van der Waals surface area (Å²) in [5.41, 5.74) is 3.93. The highest BCUT2D eigenvalue weighted by molar-refractivity contribution is 7.99. The molecule has 0 spiro atoms. The van der Waals surface area contributed by atoms with Gasteiger partial charge in [-0.15, -0.1) is 11.8 Å². The second-order valence-corrected chi connectivity index (χ2v) is 8.25. The molecule has 2 aliphatic carbocycles. The van der Waals surface area contributed by atoms with Crippen LogP contribution < -0.4 is 0 Å². The number of aryl methyl sites for hydroxylation is 1. The van der Waals surface area contributed by atoms with Crippen molar-refractivity contribution in [2.75, 3.05) is 5.75 Å². The van der Waals surface area contributed by atoms with Crippen molar-refractivity contribution in [3.8, 4) is 6.07 Å². The van der Waals surface area contributed by atoms with E-state index < -0.39 is 12.1 Å². The lowest BCUT2D eigenvalue weighted by Gasteiger charge is -2.30. The maximum absolute atomic E-state index is 13.0. The van der Waals surface area contributed by atoms with E-state index in [4.69, 9.17) is 4.98 Å². The number of thioether (sulfide) groups is 1. The van der Waals surface area contributed by atoms with Crippen LogP contribution >= 0.6 is 11.8 Å². The molecule has 2 atom stereocenters. The lowest BCUT2D eigenvalue weighted by Crippen LogP contribution is -2.29. The summed E-state index contributed by atoms with van der Waals surface area (Å²) in [7, 11) is 0. The molecule has 0 saturated heterocycles. The van der Waals surface area contributed by atoms with E-state index in [-0.39, 0.29) is 18.8 Å². The van der Waals surface area contributed by atoms with E-state index in [9.17, 15) is 18.4 Å². The van der Waals surface area contributed by atoms with Crippen molar-refractivity contribution in [2.45, 2.75) is 69.5 Å². The predicted octanol–water partition coefficient (Wildman–Crippen LogP) is 5.60. The Hall–Kier alpha value is -1.22. The molecule has 3 rings (SSSR count). The maximum atomic E-state index is 13.0. The van der Waals surface area contributed by atoms with E-state index in [1.165, 1.54) is 17.3 Å². The van der Waals surface area contributed by atoms with Gasteiger partial charge in [-0.25, -0.2) is 4.98 Å². The quantitative estimate of drug-likeness (QED) is 0.652. The zero-order chi connectivity index (χ0) is 18.0. The summed E-state index contributed by atoms with van der Waals surface area (Å²) in [4.78, 5) is 4.72. The smallest absolute Gasteiger partial charge is 0.245 e. The van der Waals surface area contributed by atoms with E-state index in [0.29, 0.717) is 17.7 Å². The zero-order valence-corrected chi connectivity index (χ0v) is 15.3. The van der Waals surface area contributed by atoms with E-state index in [1.807, 2.05) is 6.92 Å². The average molecular weight is 368 g/mol. The number of fused-ring (bicyclic) bond motifs is 1. The van der Waals surface area contributed by atoms with Crippen LogP contribution in [0.15, 0.2) is 5.03 Å². The number of hydrogen-bond acceptors (Lipinski definition) is 3. The maximum Gasteiger partial charge on any atom is 0.391 e. The Balaban J connectivity index is 1.73. The summed E-state index contributed by atoms with van der Waals surface area (Å²) in [6, 6.07) is 2.27. The molecular formula is C19H23F3N2S. The van der Waals surface area contributed by atoms with Gasteiger partial charge in [0.1, 0.15) is 11.1 Å². The van der Waals surface area contributed by atoms with Gasteiger partial charge in [0, 0.05) is 11.4 Å². The number of hydrogen-bond donors (Lipinski definition) is 0. The first-order valence-electron chi connectivity index (χ1n) is 9.02. The van der Waals surface area contributed by atoms with Crippen LogP contribution in [-0.2, 0) is 12.8 Å². The van der Waals surface area contributed by atoms with Gasteiger partial charge in [0.2, 0.25) is 0 Å². The highest BCUT2D eigenvalue weighted by Gasteiger charge is 2.42. The molecule has 1 heterocycles. The van der Waals surface area contributed by atoms with Crippen molar-refractivity contribution in [1.82, 2.24) is 4.98 Å². The Morgan fingerprint density at radius 3 is 2.68 bits per heavy atom. The van der Waals surface area contributed by atoms with Gasteiger partial charge in [-0.3, -0.25) is 0 Å². The molecule has 1 saturated carbocycles. The minimum atomic E-state index is -4.08. The third-order valence-corrected chi connectivity index (χ3v) is 6.74. The Labute approximate surface area is 151 Å². The molecule has 25 heavy (non-hydrogen) atoms. The molecule has 2 nitrogen and oxygen atoms in total. The number of nitriles is 1. The molecule has 2 unspecified atom stereocenters. The molecule has 1 aromatic heterocycles. The van der Waals surface area contributed by atoms with Crippen LogP contribution in [0.4, 0.5) is 13.2 Å². The summed E-state index contributed by atoms with van der Waals surface area (Å²) < 4.78 is 38.9. The fraction of sp³-hybridized carbons (Fsp3) is 0.684. The lowest BCUT2D eigenvalue weighted by molar-refractivity contribution is -0.185. The number of aromatic nitrogens is 1. The first-order chi connectivity index (χ1) is 11.9.